The molecule has 33 heavy (non-hydrogen) atoms. The maximum Gasteiger partial charge on any atom is 0.144 e. The lowest BCUT2D eigenvalue weighted by Crippen LogP contribution is -2.42. The number of hydrogen-bond acceptors (Lipinski definition) is 5. The number of rotatable bonds is 6. The molecule has 0 amide bonds. The lowest BCUT2D eigenvalue weighted by Gasteiger charge is -2.27. The Labute approximate surface area is 199 Å². The molecular weight excluding hydrogens is 434 g/mol. The minimum Gasteiger partial charge on any atom is -0.495 e. The second-order valence-corrected chi connectivity index (χ2v) is 8.55. The molecule has 168 valence electrons. The van der Waals surface area contributed by atoms with Gasteiger partial charge in [0.25, 0.3) is 0 Å². The van der Waals surface area contributed by atoms with Crippen molar-refractivity contribution in [1.29, 1.82) is 0 Å². The van der Waals surface area contributed by atoms with Crippen molar-refractivity contribution in [3.8, 4) is 39.7 Å². The first kappa shape index (κ1) is 21.7. The number of nitrogens with one attached hydrogen (secondary N) is 1. The van der Waals surface area contributed by atoms with Crippen molar-refractivity contribution in [2.45, 2.75) is 6.54 Å². The lowest BCUT2D eigenvalue weighted by molar-refractivity contribution is 0.233. The summed E-state index contributed by atoms with van der Waals surface area (Å²) >= 11 is 6.37. The molecule has 0 saturated carbocycles. The molecular formula is C27H26ClN3O2. The summed E-state index contributed by atoms with van der Waals surface area (Å²) in [5.74, 6) is 2.17. The maximum atomic E-state index is 6.40. The fraction of sp³-hybridized carbons (Fsp3) is 0.222. The van der Waals surface area contributed by atoms with Gasteiger partial charge in [0.15, 0.2) is 0 Å². The highest BCUT2D eigenvalue weighted by atomic mass is 35.5. The third-order valence-electron chi connectivity index (χ3n) is 5.94. The van der Waals surface area contributed by atoms with Crippen molar-refractivity contribution < 1.29 is 9.15 Å². The van der Waals surface area contributed by atoms with E-state index in [4.69, 9.17) is 20.8 Å². The topological polar surface area (TPSA) is 50.5 Å². The molecule has 1 fully saturated rings. The van der Waals surface area contributed by atoms with Crippen LogP contribution in [0.5, 0.6) is 5.75 Å². The summed E-state index contributed by atoms with van der Waals surface area (Å²) < 4.78 is 11.7. The van der Waals surface area contributed by atoms with E-state index in [1.54, 1.807) is 13.3 Å². The van der Waals surface area contributed by atoms with Gasteiger partial charge in [0.1, 0.15) is 17.3 Å². The van der Waals surface area contributed by atoms with Gasteiger partial charge in [-0.15, -0.1) is 0 Å². The molecule has 1 saturated heterocycles. The van der Waals surface area contributed by atoms with Gasteiger partial charge in [-0.05, 0) is 42.0 Å². The smallest absolute Gasteiger partial charge is 0.144 e. The molecule has 3 heterocycles. The van der Waals surface area contributed by atoms with E-state index in [1.807, 2.05) is 42.5 Å². The van der Waals surface area contributed by atoms with Crippen LogP contribution in [-0.2, 0) is 6.54 Å². The van der Waals surface area contributed by atoms with Crippen LogP contribution in [0.25, 0.3) is 33.9 Å². The van der Waals surface area contributed by atoms with E-state index in [0.29, 0.717) is 10.8 Å². The molecule has 1 N–H and O–H groups in total. The van der Waals surface area contributed by atoms with Crippen LogP contribution >= 0.6 is 11.6 Å². The Kier molecular flexibility index (Phi) is 6.44. The van der Waals surface area contributed by atoms with Gasteiger partial charge in [-0.3, -0.25) is 9.88 Å². The average molecular weight is 460 g/mol. The van der Waals surface area contributed by atoms with Crippen molar-refractivity contribution in [1.82, 2.24) is 15.2 Å². The van der Waals surface area contributed by atoms with Crippen molar-refractivity contribution in [3.05, 3.63) is 83.5 Å². The van der Waals surface area contributed by atoms with Gasteiger partial charge in [0.05, 0.1) is 17.8 Å². The van der Waals surface area contributed by atoms with Crippen molar-refractivity contribution in [2.24, 2.45) is 0 Å². The van der Waals surface area contributed by atoms with Crippen LogP contribution in [0.1, 0.15) is 5.56 Å². The SMILES string of the molecule is COc1ccc(-c2cc(-c3ccccn3)c(-c3ccc(CN4CCNCC4)cc3)o2)cc1Cl. The Bertz CT molecular complexity index is 1220. The molecule has 2 aromatic carbocycles. The maximum absolute atomic E-state index is 6.40. The van der Waals surface area contributed by atoms with E-state index in [2.05, 4.69) is 39.5 Å². The number of piperazine rings is 1. The molecule has 5 nitrogen and oxygen atoms in total. The van der Waals surface area contributed by atoms with Gasteiger partial charge in [0, 0.05) is 55.6 Å². The molecule has 4 aromatic rings. The number of hydrogen-bond donors (Lipinski definition) is 1. The third kappa shape index (κ3) is 4.81. The Balaban J connectivity index is 1.50. The fourth-order valence-electron chi connectivity index (χ4n) is 4.17. The van der Waals surface area contributed by atoms with Crippen molar-refractivity contribution >= 4 is 11.6 Å². The highest BCUT2D eigenvalue weighted by Gasteiger charge is 2.18. The standard InChI is InChI=1S/C27H26ClN3O2/c1-32-25-10-9-21(16-23(25)28)26-17-22(24-4-2-3-11-30-24)27(33-26)20-7-5-19(6-8-20)18-31-14-12-29-13-15-31/h2-11,16-17,29H,12-15,18H2,1H3. The molecule has 1 aliphatic rings. The normalized spacial score (nSPS) is 14.4. The first-order chi connectivity index (χ1) is 16.2. The number of methoxy groups -OCH3 is 1. The second-order valence-electron chi connectivity index (χ2n) is 8.14. The molecule has 1 aliphatic heterocycles. The van der Waals surface area contributed by atoms with Crippen LogP contribution in [0, 0.1) is 0 Å². The van der Waals surface area contributed by atoms with E-state index in [0.717, 1.165) is 66.6 Å². The van der Waals surface area contributed by atoms with Crippen LogP contribution in [0.3, 0.4) is 0 Å². The van der Waals surface area contributed by atoms with Gasteiger partial charge in [0.2, 0.25) is 0 Å². The third-order valence-corrected chi connectivity index (χ3v) is 6.24. The molecule has 0 aliphatic carbocycles. The van der Waals surface area contributed by atoms with E-state index in [1.165, 1.54) is 5.56 Å². The highest BCUT2D eigenvalue weighted by Crippen LogP contribution is 2.39. The summed E-state index contributed by atoms with van der Waals surface area (Å²) in [6, 6.07) is 22.2. The summed E-state index contributed by atoms with van der Waals surface area (Å²) in [7, 11) is 1.61. The zero-order valence-electron chi connectivity index (χ0n) is 18.6. The first-order valence-electron chi connectivity index (χ1n) is 11.1. The van der Waals surface area contributed by atoms with Gasteiger partial charge in [-0.1, -0.05) is 41.9 Å². The van der Waals surface area contributed by atoms with Crippen LogP contribution in [0.15, 0.2) is 77.3 Å². The summed E-state index contributed by atoms with van der Waals surface area (Å²) in [6.45, 7) is 5.23. The summed E-state index contributed by atoms with van der Waals surface area (Å²) in [4.78, 5) is 7.04. The van der Waals surface area contributed by atoms with Gasteiger partial charge < -0.3 is 14.5 Å². The van der Waals surface area contributed by atoms with Crippen LogP contribution in [-0.4, -0.2) is 43.2 Å². The number of benzene rings is 2. The zero-order valence-corrected chi connectivity index (χ0v) is 19.3. The summed E-state index contributed by atoms with van der Waals surface area (Å²) in [5, 5.41) is 3.95. The van der Waals surface area contributed by atoms with E-state index in [-0.39, 0.29) is 0 Å². The predicted molar refractivity (Wildman–Crippen MR) is 133 cm³/mol. The van der Waals surface area contributed by atoms with Gasteiger partial charge >= 0.3 is 0 Å². The number of pyridine rings is 1. The number of furan rings is 1. The second kappa shape index (κ2) is 9.79. The Morgan fingerprint density at radius 1 is 1.00 bits per heavy atom. The fourth-order valence-corrected chi connectivity index (χ4v) is 4.43. The zero-order chi connectivity index (χ0) is 22.6. The molecule has 5 rings (SSSR count). The van der Waals surface area contributed by atoms with Gasteiger partial charge in [-0.2, -0.15) is 0 Å². The Hall–Kier alpha value is -3.12. The van der Waals surface area contributed by atoms with Crippen LogP contribution in [0.4, 0.5) is 0 Å². The van der Waals surface area contributed by atoms with Crippen LogP contribution < -0.4 is 10.1 Å². The number of nitrogens with zero attached hydrogens (tertiary/aromatic N) is 2. The van der Waals surface area contributed by atoms with Crippen LogP contribution in [0.2, 0.25) is 5.02 Å². The molecule has 2 aromatic heterocycles. The average Bonchev–Trinajstić information content (AvgIpc) is 3.31. The molecule has 0 bridgehead atoms. The quantitative estimate of drug-likeness (QED) is 0.398. The minimum absolute atomic E-state index is 0.546. The number of aromatic nitrogens is 1. The first-order valence-corrected chi connectivity index (χ1v) is 11.5. The molecule has 0 radical (unpaired) electrons. The molecule has 0 unspecified atom stereocenters. The predicted octanol–water partition coefficient (Wildman–Crippen LogP) is 5.74. The Morgan fingerprint density at radius 3 is 2.48 bits per heavy atom. The van der Waals surface area contributed by atoms with E-state index >= 15 is 0 Å². The van der Waals surface area contributed by atoms with Crippen molar-refractivity contribution in [2.75, 3.05) is 33.3 Å². The minimum atomic E-state index is 0.546. The molecule has 6 heteroatoms. The number of halogens is 1. The highest BCUT2D eigenvalue weighted by molar-refractivity contribution is 6.32. The summed E-state index contributed by atoms with van der Waals surface area (Å²) in [5.41, 5.74) is 5.03. The lowest BCUT2D eigenvalue weighted by atomic mass is 10.0. The number of ether oxygens (including phenoxy) is 1. The molecule has 0 spiro atoms. The van der Waals surface area contributed by atoms with Crippen molar-refractivity contribution in [3.63, 3.8) is 0 Å². The van der Waals surface area contributed by atoms with Gasteiger partial charge in [-0.25, -0.2) is 0 Å². The monoisotopic (exact) mass is 459 g/mol. The van der Waals surface area contributed by atoms with E-state index in [9.17, 15) is 0 Å². The largest absolute Gasteiger partial charge is 0.495 e. The summed E-state index contributed by atoms with van der Waals surface area (Å²) in [6.07, 6.45) is 1.80. The van der Waals surface area contributed by atoms with E-state index < -0.39 is 0 Å². The molecule has 0 atom stereocenters. The Morgan fingerprint density at radius 2 is 1.79 bits per heavy atom.